The summed E-state index contributed by atoms with van der Waals surface area (Å²) in [5.74, 6) is -0.219. The third-order valence-corrected chi connectivity index (χ3v) is 5.14. The van der Waals surface area contributed by atoms with E-state index in [0.29, 0.717) is 29.5 Å². The van der Waals surface area contributed by atoms with Crippen LogP contribution in [0.3, 0.4) is 0 Å². The zero-order chi connectivity index (χ0) is 18.3. The fourth-order valence-electron chi connectivity index (χ4n) is 3.43. The van der Waals surface area contributed by atoms with Crippen LogP contribution in [0.1, 0.15) is 34.1 Å². The molecule has 5 nitrogen and oxygen atoms in total. The first-order valence-corrected chi connectivity index (χ1v) is 9.14. The third-order valence-electron chi connectivity index (χ3n) is 4.62. The highest BCUT2D eigenvalue weighted by Gasteiger charge is 2.42. The minimum Gasteiger partial charge on any atom is -0.450 e. The smallest absolute Gasteiger partial charge is 0.290 e. The Hall–Kier alpha value is -2.44. The van der Waals surface area contributed by atoms with E-state index in [-0.39, 0.29) is 23.7 Å². The second-order valence-corrected chi connectivity index (χ2v) is 7.12. The van der Waals surface area contributed by atoms with Crippen LogP contribution in [0.4, 0.5) is 0 Å². The number of aliphatic hydroxyl groups excluding tert-OH is 1. The number of halogens is 1. The number of para-hydroxylation sites is 1. The highest BCUT2D eigenvalue weighted by atomic mass is 79.9. The van der Waals surface area contributed by atoms with Crippen molar-refractivity contribution >= 4 is 32.8 Å². The van der Waals surface area contributed by atoms with E-state index in [1.54, 1.807) is 29.2 Å². The predicted octanol–water partition coefficient (Wildman–Crippen LogP) is 3.48. The molecular formula is C20H16BrNO4. The molecule has 3 aromatic rings. The molecule has 0 unspecified atom stereocenters. The first-order valence-electron chi connectivity index (χ1n) is 8.35. The molecule has 1 aliphatic heterocycles. The molecule has 1 atom stereocenters. The van der Waals surface area contributed by atoms with Crippen molar-refractivity contribution in [3.63, 3.8) is 0 Å². The number of hydrogen-bond acceptors (Lipinski definition) is 4. The molecule has 26 heavy (non-hydrogen) atoms. The lowest BCUT2D eigenvalue weighted by molar-refractivity contribution is 0.0716. The fraction of sp³-hybridized carbons (Fsp3) is 0.200. The monoisotopic (exact) mass is 413 g/mol. The van der Waals surface area contributed by atoms with Gasteiger partial charge in [0, 0.05) is 17.6 Å². The maximum Gasteiger partial charge on any atom is 0.290 e. The second kappa shape index (κ2) is 6.70. The molecule has 0 spiro atoms. The summed E-state index contributed by atoms with van der Waals surface area (Å²) in [7, 11) is 0. The standard InChI is InChI=1S/C20H16BrNO4/c21-13-8-6-12(7-9-13)17-16-18(24)14-4-1-2-5-15(14)26-19(16)20(25)22(17)10-3-11-23/h1-2,4-9,17,23H,3,10-11H2/t17-/m0/s1. The van der Waals surface area contributed by atoms with Crippen molar-refractivity contribution in [3.05, 3.63) is 80.1 Å². The number of carbonyl (C=O) groups is 1. The Morgan fingerprint density at radius 1 is 1.08 bits per heavy atom. The first kappa shape index (κ1) is 17.0. The minimum atomic E-state index is -0.516. The van der Waals surface area contributed by atoms with Crippen molar-refractivity contribution in [1.29, 1.82) is 0 Å². The van der Waals surface area contributed by atoms with Gasteiger partial charge in [-0.1, -0.05) is 40.2 Å². The van der Waals surface area contributed by atoms with E-state index in [1.165, 1.54) is 0 Å². The number of hydrogen-bond donors (Lipinski definition) is 1. The molecule has 1 N–H and O–H groups in total. The van der Waals surface area contributed by atoms with Gasteiger partial charge >= 0.3 is 0 Å². The summed E-state index contributed by atoms with van der Waals surface area (Å²) in [6, 6.07) is 14.0. The lowest BCUT2D eigenvalue weighted by Gasteiger charge is -2.24. The van der Waals surface area contributed by atoms with Gasteiger partial charge in [0.15, 0.2) is 5.43 Å². The number of fused-ring (bicyclic) bond motifs is 2. The molecule has 2 aromatic carbocycles. The average Bonchev–Trinajstić information content (AvgIpc) is 2.93. The van der Waals surface area contributed by atoms with E-state index in [4.69, 9.17) is 4.42 Å². The van der Waals surface area contributed by atoms with Crippen LogP contribution in [0, 0.1) is 0 Å². The van der Waals surface area contributed by atoms with E-state index in [0.717, 1.165) is 10.0 Å². The topological polar surface area (TPSA) is 70.8 Å². The second-order valence-electron chi connectivity index (χ2n) is 6.20. The average molecular weight is 414 g/mol. The molecule has 0 saturated heterocycles. The lowest BCUT2D eigenvalue weighted by atomic mass is 9.98. The molecule has 132 valence electrons. The van der Waals surface area contributed by atoms with Crippen molar-refractivity contribution in [2.75, 3.05) is 13.2 Å². The SMILES string of the molecule is O=C1c2oc3ccccc3c(=O)c2[C@H](c2ccc(Br)cc2)N1CCCO. The van der Waals surface area contributed by atoms with Gasteiger partial charge in [-0.15, -0.1) is 0 Å². The maximum atomic E-state index is 13.1. The Labute approximate surface area is 158 Å². The molecule has 0 bridgehead atoms. The molecular weight excluding hydrogens is 398 g/mol. The van der Waals surface area contributed by atoms with Gasteiger partial charge in [0.1, 0.15) is 5.58 Å². The summed E-state index contributed by atoms with van der Waals surface area (Å²) < 4.78 is 6.74. The Bertz CT molecular complexity index is 1040. The normalized spacial score (nSPS) is 16.3. The van der Waals surface area contributed by atoms with Crippen LogP contribution in [0.25, 0.3) is 11.0 Å². The number of amides is 1. The minimum absolute atomic E-state index is 0.0312. The summed E-state index contributed by atoms with van der Waals surface area (Å²) in [6.45, 7) is 0.312. The van der Waals surface area contributed by atoms with E-state index in [9.17, 15) is 14.7 Å². The van der Waals surface area contributed by atoms with E-state index >= 15 is 0 Å². The fourth-order valence-corrected chi connectivity index (χ4v) is 3.69. The van der Waals surface area contributed by atoms with Gasteiger partial charge < -0.3 is 14.4 Å². The van der Waals surface area contributed by atoms with Gasteiger partial charge in [-0.2, -0.15) is 0 Å². The molecule has 4 rings (SSSR count). The zero-order valence-electron chi connectivity index (χ0n) is 13.8. The number of rotatable bonds is 4. The Balaban J connectivity index is 1.96. The Kier molecular flexibility index (Phi) is 4.38. The maximum absolute atomic E-state index is 13.1. The van der Waals surface area contributed by atoms with Crippen LogP contribution < -0.4 is 5.43 Å². The summed E-state index contributed by atoms with van der Waals surface area (Å²) in [4.78, 5) is 27.7. The third kappa shape index (κ3) is 2.66. The van der Waals surface area contributed by atoms with E-state index in [1.807, 2.05) is 24.3 Å². The molecule has 0 saturated carbocycles. The predicted molar refractivity (Wildman–Crippen MR) is 101 cm³/mol. The molecule has 0 fully saturated rings. The number of carbonyl (C=O) groups excluding carboxylic acids is 1. The van der Waals surface area contributed by atoms with Crippen molar-refractivity contribution in [3.8, 4) is 0 Å². The van der Waals surface area contributed by atoms with Crippen LogP contribution >= 0.6 is 15.9 Å². The summed E-state index contributed by atoms with van der Waals surface area (Å²) >= 11 is 3.41. The molecule has 2 heterocycles. The summed E-state index contributed by atoms with van der Waals surface area (Å²) in [5, 5.41) is 9.67. The van der Waals surface area contributed by atoms with Crippen molar-refractivity contribution in [2.45, 2.75) is 12.5 Å². The van der Waals surface area contributed by atoms with Crippen molar-refractivity contribution in [2.24, 2.45) is 0 Å². The molecule has 1 aliphatic rings. The lowest BCUT2D eigenvalue weighted by Crippen LogP contribution is -2.31. The highest BCUT2D eigenvalue weighted by Crippen LogP contribution is 2.38. The van der Waals surface area contributed by atoms with Crippen LogP contribution in [0.15, 0.2) is 62.2 Å². The Morgan fingerprint density at radius 2 is 1.81 bits per heavy atom. The van der Waals surface area contributed by atoms with Crippen LogP contribution in [0.5, 0.6) is 0 Å². The van der Waals surface area contributed by atoms with Crippen LogP contribution in [-0.4, -0.2) is 29.1 Å². The van der Waals surface area contributed by atoms with Crippen molar-refractivity contribution in [1.82, 2.24) is 4.90 Å². The molecule has 6 heteroatoms. The van der Waals surface area contributed by atoms with Gasteiger partial charge in [-0.3, -0.25) is 9.59 Å². The van der Waals surface area contributed by atoms with Gasteiger partial charge in [0.25, 0.3) is 5.91 Å². The van der Waals surface area contributed by atoms with Gasteiger partial charge in [-0.05, 0) is 36.2 Å². The van der Waals surface area contributed by atoms with Gasteiger partial charge in [0.05, 0.1) is 17.0 Å². The van der Waals surface area contributed by atoms with Gasteiger partial charge in [-0.25, -0.2) is 0 Å². The number of benzene rings is 2. The molecule has 0 radical (unpaired) electrons. The van der Waals surface area contributed by atoms with Crippen LogP contribution in [-0.2, 0) is 0 Å². The number of nitrogens with zero attached hydrogens (tertiary/aromatic N) is 1. The van der Waals surface area contributed by atoms with Crippen molar-refractivity contribution < 1.29 is 14.3 Å². The first-order chi connectivity index (χ1) is 12.6. The van der Waals surface area contributed by atoms with Crippen LogP contribution in [0.2, 0.25) is 0 Å². The largest absolute Gasteiger partial charge is 0.450 e. The summed E-state index contributed by atoms with van der Waals surface area (Å²) in [5.41, 5.74) is 1.42. The molecule has 1 amide bonds. The molecule has 1 aromatic heterocycles. The van der Waals surface area contributed by atoms with E-state index < -0.39 is 6.04 Å². The van der Waals surface area contributed by atoms with E-state index in [2.05, 4.69) is 15.9 Å². The number of aliphatic hydroxyl groups is 1. The zero-order valence-corrected chi connectivity index (χ0v) is 15.4. The quantitative estimate of drug-likeness (QED) is 0.710. The molecule has 0 aliphatic carbocycles. The highest BCUT2D eigenvalue weighted by molar-refractivity contribution is 9.10. The summed E-state index contributed by atoms with van der Waals surface area (Å²) in [6.07, 6.45) is 0.431. The van der Waals surface area contributed by atoms with Gasteiger partial charge in [0.2, 0.25) is 5.76 Å². The Morgan fingerprint density at radius 3 is 2.54 bits per heavy atom.